The van der Waals surface area contributed by atoms with Gasteiger partial charge in [0.1, 0.15) is 11.6 Å². The second-order valence-corrected chi connectivity index (χ2v) is 5.17. The molecule has 4 heteroatoms. The number of aryl methyl sites for hydroxylation is 1. The highest BCUT2D eigenvalue weighted by molar-refractivity contribution is 5.31. The van der Waals surface area contributed by atoms with Crippen molar-refractivity contribution in [1.82, 2.24) is 15.3 Å². The summed E-state index contributed by atoms with van der Waals surface area (Å²) in [5.41, 5.74) is 4.61. The summed E-state index contributed by atoms with van der Waals surface area (Å²) in [4.78, 5) is 9.35. The summed E-state index contributed by atoms with van der Waals surface area (Å²) in [5.74, 6) is 0.627. The number of fused-ring (bicyclic) bond motifs is 1. The van der Waals surface area contributed by atoms with E-state index in [1.165, 1.54) is 23.4 Å². The molecule has 0 spiro atoms. The number of halogens is 1. The average molecular weight is 271 g/mol. The predicted molar refractivity (Wildman–Crippen MR) is 75.8 cm³/mol. The van der Waals surface area contributed by atoms with Gasteiger partial charge in [-0.3, -0.25) is 0 Å². The summed E-state index contributed by atoms with van der Waals surface area (Å²) >= 11 is 0. The molecule has 3 rings (SSSR count). The Morgan fingerprint density at radius 1 is 1.15 bits per heavy atom. The van der Waals surface area contributed by atoms with Gasteiger partial charge in [0.15, 0.2) is 0 Å². The molecule has 0 unspecified atom stereocenters. The largest absolute Gasteiger partial charge is 0.307 e. The van der Waals surface area contributed by atoms with Crippen LogP contribution in [-0.2, 0) is 25.9 Å². The van der Waals surface area contributed by atoms with Crippen LogP contribution >= 0.6 is 0 Å². The molecule has 0 fully saturated rings. The van der Waals surface area contributed by atoms with Gasteiger partial charge in [-0.2, -0.15) is 0 Å². The zero-order valence-corrected chi connectivity index (χ0v) is 11.6. The number of hydrogen-bond acceptors (Lipinski definition) is 3. The Morgan fingerprint density at radius 3 is 2.70 bits per heavy atom. The smallest absolute Gasteiger partial charge is 0.133 e. The first-order valence-corrected chi connectivity index (χ1v) is 7.09. The minimum Gasteiger partial charge on any atom is -0.307 e. The molecule has 2 heterocycles. The van der Waals surface area contributed by atoms with Gasteiger partial charge in [-0.15, -0.1) is 0 Å². The number of rotatable bonds is 4. The van der Waals surface area contributed by atoms with Crippen molar-refractivity contribution in [3.05, 3.63) is 58.4 Å². The first-order chi connectivity index (χ1) is 9.76. The van der Waals surface area contributed by atoms with E-state index in [9.17, 15) is 4.39 Å². The summed E-state index contributed by atoms with van der Waals surface area (Å²) in [6.45, 7) is 3.86. The van der Waals surface area contributed by atoms with Gasteiger partial charge < -0.3 is 5.32 Å². The van der Waals surface area contributed by atoms with Gasteiger partial charge in [-0.05, 0) is 24.1 Å². The first kappa shape index (κ1) is 13.2. The molecule has 20 heavy (non-hydrogen) atoms. The Labute approximate surface area is 118 Å². The van der Waals surface area contributed by atoms with Crippen LogP contribution in [0.5, 0.6) is 0 Å². The quantitative estimate of drug-likeness (QED) is 0.929. The minimum atomic E-state index is -0.209. The predicted octanol–water partition coefficient (Wildman–Crippen LogP) is 2.76. The van der Waals surface area contributed by atoms with E-state index in [-0.39, 0.29) is 5.82 Å². The van der Waals surface area contributed by atoms with Gasteiger partial charge in [-0.25, -0.2) is 14.4 Å². The van der Waals surface area contributed by atoms with E-state index in [0.29, 0.717) is 6.42 Å². The highest BCUT2D eigenvalue weighted by atomic mass is 19.1. The fourth-order valence-corrected chi connectivity index (χ4v) is 2.60. The summed E-state index contributed by atoms with van der Waals surface area (Å²) in [7, 11) is 0. The fraction of sp³-hybridized carbons (Fsp3) is 0.375. The molecule has 1 aliphatic heterocycles. The molecule has 0 radical (unpaired) electrons. The van der Waals surface area contributed by atoms with Crippen molar-refractivity contribution in [3.8, 4) is 0 Å². The molecular weight excluding hydrogens is 253 g/mol. The highest BCUT2D eigenvalue weighted by Gasteiger charge is 2.18. The van der Waals surface area contributed by atoms with Crippen LogP contribution in [0.4, 0.5) is 4.39 Å². The molecule has 3 nitrogen and oxygen atoms in total. The van der Waals surface area contributed by atoms with Crippen molar-refractivity contribution in [2.45, 2.75) is 39.3 Å². The van der Waals surface area contributed by atoms with E-state index < -0.39 is 0 Å². The lowest BCUT2D eigenvalue weighted by Crippen LogP contribution is -2.06. The zero-order chi connectivity index (χ0) is 13.9. The molecular formula is C16H18FN3. The topological polar surface area (TPSA) is 37.8 Å². The molecule has 104 valence electrons. The molecule has 1 N–H and O–H groups in total. The summed E-state index contributed by atoms with van der Waals surface area (Å²) in [6, 6.07) is 6.56. The van der Waals surface area contributed by atoms with Crippen molar-refractivity contribution < 1.29 is 4.39 Å². The summed E-state index contributed by atoms with van der Waals surface area (Å²) < 4.78 is 12.9. The summed E-state index contributed by atoms with van der Waals surface area (Å²) in [5, 5.41) is 3.33. The molecule has 2 aromatic rings. The van der Waals surface area contributed by atoms with Crippen LogP contribution in [0.25, 0.3) is 0 Å². The SMILES string of the molecule is CCCc1nc(Cc2ccc(F)cc2)nc2c1CNC2. The molecule has 0 bridgehead atoms. The maximum absolute atomic E-state index is 12.9. The molecule has 0 atom stereocenters. The van der Waals surface area contributed by atoms with E-state index >= 15 is 0 Å². The Kier molecular flexibility index (Phi) is 3.74. The monoisotopic (exact) mass is 271 g/mol. The third kappa shape index (κ3) is 2.70. The molecule has 1 aromatic carbocycles. The van der Waals surface area contributed by atoms with E-state index in [4.69, 9.17) is 4.98 Å². The Balaban J connectivity index is 1.89. The number of nitrogens with one attached hydrogen (secondary N) is 1. The number of benzene rings is 1. The lowest BCUT2D eigenvalue weighted by atomic mass is 10.1. The van der Waals surface area contributed by atoms with Gasteiger partial charge in [0.25, 0.3) is 0 Å². The van der Waals surface area contributed by atoms with Gasteiger partial charge in [0.05, 0.1) is 5.69 Å². The second-order valence-electron chi connectivity index (χ2n) is 5.17. The van der Waals surface area contributed by atoms with E-state index in [1.54, 1.807) is 12.1 Å². The standard InChI is InChI=1S/C16H18FN3/c1-2-3-14-13-9-18-10-15(13)20-16(19-14)8-11-4-6-12(17)7-5-11/h4-7,18H,2-3,8-10H2,1H3. The molecule has 1 aliphatic rings. The van der Waals surface area contributed by atoms with Gasteiger partial charge in [-0.1, -0.05) is 25.5 Å². The lowest BCUT2D eigenvalue weighted by Gasteiger charge is -2.09. The molecule has 0 saturated carbocycles. The molecule has 0 saturated heterocycles. The van der Waals surface area contributed by atoms with E-state index in [2.05, 4.69) is 17.2 Å². The third-order valence-electron chi connectivity index (χ3n) is 3.58. The minimum absolute atomic E-state index is 0.209. The van der Waals surface area contributed by atoms with Crippen molar-refractivity contribution >= 4 is 0 Å². The Bertz CT molecular complexity index is 608. The number of hydrogen-bond donors (Lipinski definition) is 1. The molecule has 1 aromatic heterocycles. The number of aromatic nitrogens is 2. The Morgan fingerprint density at radius 2 is 1.95 bits per heavy atom. The van der Waals surface area contributed by atoms with Crippen molar-refractivity contribution in [2.75, 3.05) is 0 Å². The number of nitrogens with zero attached hydrogens (tertiary/aromatic N) is 2. The normalized spacial score (nSPS) is 13.5. The second kappa shape index (κ2) is 5.67. The third-order valence-corrected chi connectivity index (χ3v) is 3.58. The Hall–Kier alpha value is -1.81. The molecule has 0 amide bonds. The van der Waals surface area contributed by atoms with Crippen LogP contribution in [0, 0.1) is 5.82 Å². The molecule has 0 aliphatic carbocycles. The fourth-order valence-electron chi connectivity index (χ4n) is 2.60. The maximum Gasteiger partial charge on any atom is 0.133 e. The average Bonchev–Trinajstić information content (AvgIpc) is 2.90. The summed E-state index contributed by atoms with van der Waals surface area (Å²) in [6.07, 6.45) is 2.73. The lowest BCUT2D eigenvalue weighted by molar-refractivity contribution is 0.627. The van der Waals surface area contributed by atoms with Crippen molar-refractivity contribution in [1.29, 1.82) is 0 Å². The van der Waals surface area contributed by atoms with Gasteiger partial charge in [0, 0.05) is 30.8 Å². The van der Waals surface area contributed by atoms with Crippen LogP contribution in [0.1, 0.15) is 41.7 Å². The van der Waals surface area contributed by atoms with E-state index in [1.807, 2.05) is 0 Å². The van der Waals surface area contributed by atoms with Crippen LogP contribution in [-0.4, -0.2) is 9.97 Å². The van der Waals surface area contributed by atoms with Crippen molar-refractivity contribution in [2.24, 2.45) is 0 Å². The van der Waals surface area contributed by atoms with E-state index in [0.717, 1.165) is 43.0 Å². The van der Waals surface area contributed by atoms with Gasteiger partial charge in [0.2, 0.25) is 0 Å². The maximum atomic E-state index is 12.9. The van der Waals surface area contributed by atoms with Crippen LogP contribution in [0.3, 0.4) is 0 Å². The zero-order valence-electron chi connectivity index (χ0n) is 11.6. The van der Waals surface area contributed by atoms with Crippen LogP contribution in [0.2, 0.25) is 0 Å². The van der Waals surface area contributed by atoms with Crippen LogP contribution < -0.4 is 5.32 Å². The van der Waals surface area contributed by atoms with Crippen molar-refractivity contribution in [3.63, 3.8) is 0 Å². The highest BCUT2D eigenvalue weighted by Crippen LogP contribution is 2.19. The van der Waals surface area contributed by atoms with Gasteiger partial charge >= 0.3 is 0 Å². The first-order valence-electron chi connectivity index (χ1n) is 7.09. The van der Waals surface area contributed by atoms with Crippen LogP contribution in [0.15, 0.2) is 24.3 Å².